The molecule has 7 rings (SSSR count). The molecule has 328 valence electrons. The van der Waals surface area contributed by atoms with E-state index < -0.39 is 41.4 Å². The molecule has 7 amide bonds. The van der Waals surface area contributed by atoms with E-state index in [4.69, 9.17) is 16.3 Å². The number of carbonyl (C=O) groups is 7. The molecule has 4 heterocycles. The lowest BCUT2D eigenvalue weighted by molar-refractivity contribution is -0.136. The lowest BCUT2D eigenvalue weighted by Gasteiger charge is -2.34. The van der Waals surface area contributed by atoms with Gasteiger partial charge in [0.1, 0.15) is 29.8 Å². The summed E-state index contributed by atoms with van der Waals surface area (Å²) < 4.78 is 19.9. The monoisotopic (exact) mass is 881 g/mol. The number of anilines is 3. The summed E-state index contributed by atoms with van der Waals surface area (Å²) in [5.41, 5.74) is 2.51. The molecule has 4 aromatic rings. The number of ether oxygens (including phenoxy) is 1. The van der Waals surface area contributed by atoms with Gasteiger partial charge in [0.15, 0.2) is 0 Å². The highest BCUT2D eigenvalue weighted by molar-refractivity contribution is 6.31. The molecule has 19 heteroatoms. The third-order valence-corrected chi connectivity index (χ3v) is 11.3. The smallest absolute Gasteiger partial charge is 0.262 e. The highest BCUT2D eigenvalue weighted by Crippen LogP contribution is 2.34. The first-order valence-electron chi connectivity index (χ1n) is 20.6. The molecular formula is C44H45ClFN9O8. The third kappa shape index (κ3) is 10.5. The van der Waals surface area contributed by atoms with Gasteiger partial charge in [0.25, 0.3) is 11.8 Å². The fraction of sp³-hybridized carbons (Fsp3) is 0.341. The van der Waals surface area contributed by atoms with Crippen molar-refractivity contribution in [2.45, 2.75) is 51.0 Å². The maximum absolute atomic E-state index is 13.7. The molecule has 3 aliphatic heterocycles. The Kier molecular flexibility index (Phi) is 14.0. The number of hydrogen-bond donors (Lipinski definition) is 4. The van der Waals surface area contributed by atoms with Gasteiger partial charge in [-0.25, -0.2) is 14.4 Å². The molecule has 4 N–H and O–H groups in total. The van der Waals surface area contributed by atoms with Crippen LogP contribution in [0.25, 0.3) is 10.9 Å². The maximum atomic E-state index is 13.7. The van der Waals surface area contributed by atoms with Gasteiger partial charge in [-0.3, -0.25) is 48.7 Å². The van der Waals surface area contributed by atoms with Gasteiger partial charge in [0.2, 0.25) is 29.5 Å². The van der Waals surface area contributed by atoms with Crippen molar-refractivity contribution in [3.05, 3.63) is 95.0 Å². The highest BCUT2D eigenvalue weighted by atomic mass is 35.5. The van der Waals surface area contributed by atoms with E-state index in [2.05, 4.69) is 42.7 Å². The summed E-state index contributed by atoms with van der Waals surface area (Å²) in [6.07, 6.45) is 4.25. The molecule has 0 radical (unpaired) electrons. The molecule has 2 fully saturated rings. The maximum Gasteiger partial charge on any atom is 0.262 e. The number of nitrogens with one attached hydrogen (secondary N) is 4. The summed E-state index contributed by atoms with van der Waals surface area (Å²) in [5, 5.41) is 11.4. The van der Waals surface area contributed by atoms with E-state index in [1.165, 1.54) is 24.5 Å². The lowest BCUT2D eigenvalue weighted by atomic mass is 9.99. The number of amides is 7. The number of piperazine rings is 1. The Morgan fingerprint density at radius 3 is 2.56 bits per heavy atom. The summed E-state index contributed by atoms with van der Waals surface area (Å²) in [4.78, 5) is 102. The van der Waals surface area contributed by atoms with Gasteiger partial charge >= 0.3 is 0 Å². The number of aryl methyl sites for hydroxylation is 1. The molecule has 1 atom stereocenters. The van der Waals surface area contributed by atoms with Gasteiger partial charge in [0.05, 0.1) is 34.0 Å². The molecule has 0 saturated carbocycles. The average Bonchev–Trinajstić information content (AvgIpc) is 3.53. The van der Waals surface area contributed by atoms with Crippen LogP contribution in [0.2, 0.25) is 5.02 Å². The Balaban J connectivity index is 0.818. The van der Waals surface area contributed by atoms with Crippen molar-refractivity contribution in [1.29, 1.82) is 0 Å². The first kappa shape index (κ1) is 44.3. The summed E-state index contributed by atoms with van der Waals surface area (Å²) in [6, 6.07) is 11.5. The van der Waals surface area contributed by atoms with Gasteiger partial charge in [-0.05, 0) is 67.7 Å². The SMILES string of the molecule is C=CC(=O)Nc1cc2c(Nc3ccc(F)c(Cl)c3)ncnc2cc1OCCCN1CCN(C(=O)CCC(=O)NCCCc2cccc3c2C(=O)N(C2CCC(=O)NC2=O)C3=O)CC1. The number of imide groups is 2. The highest BCUT2D eigenvalue weighted by Gasteiger charge is 2.45. The number of benzene rings is 3. The van der Waals surface area contributed by atoms with Crippen LogP contribution < -0.4 is 26.0 Å². The molecule has 3 aromatic carbocycles. The number of carbonyl (C=O) groups excluding carboxylic acids is 7. The standard InChI is InChI=1S/C44H45ClFN9O8/c1-2-36(56)51-33-23-29-32(48-25-49-41(29)50-27-9-10-31(46)30(45)22-27)24-35(33)63-21-5-16-53-17-19-54(20-18-53)39(59)14-13-37(57)47-15-4-7-26-6-3-8-28-40(26)44(62)55(43(28)61)34-11-12-38(58)52-42(34)60/h2-3,6,8-10,22-25,34H,1,4-5,7,11-21H2,(H,47,57)(H,51,56)(H,48,49,50)(H,52,58,60). The Morgan fingerprint density at radius 2 is 1.79 bits per heavy atom. The summed E-state index contributed by atoms with van der Waals surface area (Å²) in [7, 11) is 0. The normalized spacial score (nSPS) is 16.4. The molecular weight excluding hydrogens is 837 g/mol. The summed E-state index contributed by atoms with van der Waals surface area (Å²) in [5.74, 6) is -2.80. The Morgan fingerprint density at radius 1 is 0.984 bits per heavy atom. The van der Waals surface area contributed by atoms with Crippen molar-refractivity contribution in [3.63, 3.8) is 0 Å². The van der Waals surface area contributed by atoms with E-state index in [0.717, 1.165) is 11.0 Å². The quantitative estimate of drug-likeness (QED) is 0.0670. The number of rotatable bonds is 17. The van der Waals surface area contributed by atoms with Crippen LogP contribution in [-0.4, -0.2) is 118 Å². The number of fused-ring (bicyclic) bond motifs is 2. The number of halogens is 2. The van der Waals surface area contributed by atoms with Crippen LogP contribution in [0.15, 0.2) is 67.5 Å². The predicted molar refractivity (Wildman–Crippen MR) is 230 cm³/mol. The van der Waals surface area contributed by atoms with Crippen molar-refractivity contribution in [3.8, 4) is 5.75 Å². The van der Waals surface area contributed by atoms with Gasteiger partial charge in [-0.15, -0.1) is 0 Å². The van der Waals surface area contributed by atoms with Crippen LogP contribution >= 0.6 is 11.6 Å². The van der Waals surface area contributed by atoms with Gasteiger partial charge in [-0.1, -0.05) is 30.3 Å². The molecule has 1 aromatic heterocycles. The van der Waals surface area contributed by atoms with Crippen LogP contribution in [0.3, 0.4) is 0 Å². The van der Waals surface area contributed by atoms with Crippen LogP contribution in [0.1, 0.15) is 64.8 Å². The fourth-order valence-electron chi connectivity index (χ4n) is 7.75. The zero-order valence-electron chi connectivity index (χ0n) is 34.2. The number of nitrogens with zero attached hydrogens (tertiary/aromatic N) is 5. The molecule has 0 bridgehead atoms. The minimum absolute atomic E-state index is 0.0298. The van der Waals surface area contributed by atoms with Crippen LogP contribution in [0.5, 0.6) is 5.75 Å². The van der Waals surface area contributed by atoms with Crippen molar-refractivity contribution in [1.82, 2.24) is 35.3 Å². The predicted octanol–water partition coefficient (Wildman–Crippen LogP) is 4.13. The minimum Gasteiger partial charge on any atom is -0.491 e. The lowest BCUT2D eigenvalue weighted by Crippen LogP contribution is -2.54. The van der Waals surface area contributed by atoms with E-state index in [1.54, 1.807) is 35.2 Å². The first-order valence-corrected chi connectivity index (χ1v) is 20.9. The number of piperidine rings is 1. The van der Waals surface area contributed by atoms with Gasteiger partial charge in [0, 0.05) is 75.7 Å². The fourth-order valence-corrected chi connectivity index (χ4v) is 7.93. The zero-order valence-corrected chi connectivity index (χ0v) is 35.0. The van der Waals surface area contributed by atoms with Crippen molar-refractivity contribution in [2.24, 2.45) is 0 Å². The molecule has 0 aliphatic carbocycles. The van der Waals surface area contributed by atoms with E-state index in [-0.39, 0.29) is 53.6 Å². The van der Waals surface area contributed by atoms with E-state index >= 15 is 0 Å². The first-order chi connectivity index (χ1) is 30.4. The Labute approximate surface area is 366 Å². The molecule has 3 aliphatic rings. The van der Waals surface area contributed by atoms with Gasteiger partial charge in [-0.2, -0.15) is 0 Å². The Hall–Kier alpha value is -6.79. The van der Waals surface area contributed by atoms with E-state index in [9.17, 15) is 38.0 Å². The van der Waals surface area contributed by atoms with Crippen molar-refractivity contribution < 1.29 is 42.7 Å². The number of hydrogen-bond acceptors (Lipinski definition) is 12. The minimum atomic E-state index is -1.05. The molecule has 2 saturated heterocycles. The summed E-state index contributed by atoms with van der Waals surface area (Å²) >= 11 is 5.96. The van der Waals surface area contributed by atoms with Crippen LogP contribution in [0, 0.1) is 5.82 Å². The van der Waals surface area contributed by atoms with Gasteiger partial charge < -0.3 is 25.6 Å². The topological polar surface area (TPSA) is 212 Å². The third-order valence-electron chi connectivity index (χ3n) is 11.0. The molecule has 0 spiro atoms. The summed E-state index contributed by atoms with van der Waals surface area (Å²) in [6.45, 7) is 7.22. The Bertz CT molecular complexity index is 2500. The van der Waals surface area contributed by atoms with E-state index in [1.807, 2.05) is 0 Å². The van der Waals surface area contributed by atoms with Crippen molar-refractivity contribution >= 4 is 81.0 Å². The van der Waals surface area contributed by atoms with Crippen LogP contribution in [-0.2, 0) is 30.4 Å². The average molecular weight is 882 g/mol. The molecule has 63 heavy (non-hydrogen) atoms. The zero-order chi connectivity index (χ0) is 44.6. The largest absolute Gasteiger partial charge is 0.491 e. The van der Waals surface area contributed by atoms with Crippen molar-refractivity contribution in [2.75, 3.05) is 56.5 Å². The molecule has 17 nitrogen and oxygen atoms in total. The van der Waals surface area contributed by atoms with Crippen LogP contribution in [0.4, 0.5) is 21.6 Å². The second kappa shape index (κ2) is 19.9. The van der Waals surface area contributed by atoms with E-state index in [0.29, 0.717) is 105 Å². The second-order valence-corrected chi connectivity index (χ2v) is 15.6. The molecule has 1 unspecified atom stereocenters. The second-order valence-electron chi connectivity index (χ2n) is 15.2. The number of aromatic nitrogens is 2.